The van der Waals surface area contributed by atoms with Crippen molar-refractivity contribution in [1.82, 2.24) is 25.2 Å². The van der Waals surface area contributed by atoms with E-state index < -0.39 is 6.03 Å². The molecular weight excluding hydrogens is 351 g/mol. The first-order valence-corrected chi connectivity index (χ1v) is 8.29. The summed E-state index contributed by atoms with van der Waals surface area (Å²) >= 11 is 0. The molecule has 3 aromatic rings. The third kappa shape index (κ3) is 4.38. The van der Waals surface area contributed by atoms with Gasteiger partial charge in [0.05, 0.1) is 12.1 Å². The number of amides is 3. The average Bonchev–Trinajstić information content (AvgIpc) is 3.05. The molecule has 1 aromatic heterocycles. The predicted molar refractivity (Wildman–Crippen MR) is 99.0 cm³/mol. The van der Waals surface area contributed by atoms with E-state index in [2.05, 4.69) is 20.9 Å². The molecule has 1 heterocycles. The summed E-state index contributed by atoms with van der Waals surface area (Å²) in [4.78, 5) is 25.4. The Hall–Kier alpha value is -3.49. The minimum atomic E-state index is -0.398. The van der Waals surface area contributed by atoms with Crippen molar-refractivity contribution < 1.29 is 14.0 Å². The van der Waals surface area contributed by atoms with E-state index >= 15 is 0 Å². The lowest BCUT2D eigenvalue weighted by molar-refractivity contribution is 0.0827. The van der Waals surface area contributed by atoms with Gasteiger partial charge in [0.25, 0.3) is 5.91 Å². The molecule has 0 aliphatic rings. The van der Waals surface area contributed by atoms with Gasteiger partial charge >= 0.3 is 6.03 Å². The molecule has 0 aliphatic heterocycles. The van der Waals surface area contributed by atoms with Gasteiger partial charge < -0.3 is 15.5 Å². The third-order valence-electron chi connectivity index (χ3n) is 3.88. The number of hydrogen-bond donors (Lipinski definition) is 2. The molecule has 2 aromatic carbocycles. The highest BCUT2D eigenvalue weighted by Crippen LogP contribution is 2.14. The van der Waals surface area contributed by atoms with Crippen molar-refractivity contribution in [1.29, 1.82) is 0 Å². The van der Waals surface area contributed by atoms with Crippen molar-refractivity contribution in [2.45, 2.75) is 6.54 Å². The molecule has 0 aliphatic carbocycles. The Morgan fingerprint density at radius 2 is 1.89 bits per heavy atom. The topological polar surface area (TPSA) is 92.2 Å². The molecule has 3 amide bonds. The lowest BCUT2D eigenvalue weighted by atomic mass is 10.2. The monoisotopic (exact) mass is 370 g/mol. The van der Waals surface area contributed by atoms with Crippen LogP contribution in [0.1, 0.15) is 10.4 Å². The van der Waals surface area contributed by atoms with Crippen molar-refractivity contribution in [3.8, 4) is 0 Å². The van der Waals surface area contributed by atoms with Gasteiger partial charge in [0.15, 0.2) is 0 Å². The molecule has 0 saturated carbocycles. The number of urea groups is 1. The number of nitrogens with one attached hydrogen (secondary N) is 2. The highest BCUT2D eigenvalue weighted by Gasteiger charge is 2.12. The molecule has 140 valence electrons. The maximum absolute atomic E-state index is 12.9. The number of fused-ring (bicyclic) bond motifs is 1. The number of rotatable bonds is 5. The fourth-order valence-electron chi connectivity index (χ4n) is 2.51. The fraction of sp³-hybridized carbons (Fsp3) is 0.222. The average molecular weight is 370 g/mol. The summed E-state index contributed by atoms with van der Waals surface area (Å²) in [6.07, 6.45) is 0. The first-order chi connectivity index (χ1) is 12.9. The highest BCUT2D eigenvalue weighted by molar-refractivity contribution is 5.97. The lowest BCUT2D eigenvalue weighted by Crippen LogP contribution is -2.31. The van der Waals surface area contributed by atoms with Gasteiger partial charge in [0.1, 0.15) is 11.3 Å². The van der Waals surface area contributed by atoms with Crippen LogP contribution in [0.4, 0.5) is 14.9 Å². The zero-order chi connectivity index (χ0) is 19.4. The molecule has 0 unspecified atom stereocenters. The van der Waals surface area contributed by atoms with Crippen LogP contribution < -0.4 is 10.6 Å². The standard InChI is InChI=1S/C18H19FN6O2/c1-24(2)17(26)12-3-8-16-15(11-12)22-23-25(16)10-9-20-18(27)21-14-6-4-13(19)5-7-14/h3-8,11H,9-10H2,1-2H3,(H2,20,21,27). The zero-order valence-electron chi connectivity index (χ0n) is 14.9. The van der Waals surface area contributed by atoms with Crippen molar-refractivity contribution in [3.63, 3.8) is 0 Å². The third-order valence-corrected chi connectivity index (χ3v) is 3.88. The van der Waals surface area contributed by atoms with Crippen molar-refractivity contribution in [2.24, 2.45) is 0 Å². The number of halogens is 1. The van der Waals surface area contributed by atoms with Crippen LogP contribution in [0.15, 0.2) is 42.5 Å². The summed E-state index contributed by atoms with van der Waals surface area (Å²) in [6, 6.07) is 10.3. The SMILES string of the molecule is CN(C)C(=O)c1ccc2c(c1)nnn2CCNC(=O)Nc1ccc(F)cc1. The van der Waals surface area contributed by atoms with E-state index in [1.165, 1.54) is 29.2 Å². The van der Waals surface area contributed by atoms with E-state index in [0.717, 1.165) is 5.52 Å². The van der Waals surface area contributed by atoms with Crippen LogP contribution in [-0.4, -0.2) is 52.5 Å². The van der Waals surface area contributed by atoms with Crippen LogP contribution >= 0.6 is 0 Å². The molecule has 0 spiro atoms. The maximum Gasteiger partial charge on any atom is 0.319 e. The summed E-state index contributed by atoms with van der Waals surface area (Å²) in [5, 5.41) is 13.4. The summed E-state index contributed by atoms with van der Waals surface area (Å²) in [6.45, 7) is 0.734. The van der Waals surface area contributed by atoms with E-state index in [0.29, 0.717) is 29.9 Å². The Morgan fingerprint density at radius 1 is 1.15 bits per heavy atom. The summed E-state index contributed by atoms with van der Waals surface area (Å²) < 4.78 is 14.5. The van der Waals surface area contributed by atoms with Gasteiger partial charge in [0.2, 0.25) is 0 Å². The van der Waals surface area contributed by atoms with Gasteiger partial charge in [-0.1, -0.05) is 5.21 Å². The molecule has 8 nitrogen and oxygen atoms in total. The van der Waals surface area contributed by atoms with Crippen LogP contribution in [-0.2, 0) is 6.54 Å². The first kappa shape index (κ1) is 18.3. The molecule has 2 N–H and O–H groups in total. The Labute approximate surface area is 155 Å². The van der Waals surface area contributed by atoms with Gasteiger partial charge in [0, 0.05) is 31.9 Å². The van der Waals surface area contributed by atoms with Gasteiger partial charge in [-0.3, -0.25) is 4.79 Å². The first-order valence-electron chi connectivity index (χ1n) is 8.29. The largest absolute Gasteiger partial charge is 0.345 e. The summed E-state index contributed by atoms with van der Waals surface area (Å²) in [5.41, 5.74) is 2.42. The number of carbonyl (C=O) groups excluding carboxylic acids is 2. The van der Waals surface area contributed by atoms with E-state index in [9.17, 15) is 14.0 Å². The molecule has 0 bridgehead atoms. The molecular formula is C18H19FN6O2. The number of benzene rings is 2. The second kappa shape index (κ2) is 7.81. The number of hydrogen-bond acceptors (Lipinski definition) is 4. The Bertz CT molecular complexity index is 968. The Morgan fingerprint density at radius 3 is 2.59 bits per heavy atom. The van der Waals surface area contributed by atoms with Gasteiger partial charge in [-0.25, -0.2) is 13.9 Å². The summed E-state index contributed by atoms with van der Waals surface area (Å²) in [5.74, 6) is -0.472. The van der Waals surface area contributed by atoms with Gasteiger partial charge in [-0.15, -0.1) is 5.10 Å². The molecule has 0 atom stereocenters. The minimum absolute atomic E-state index is 0.106. The normalized spacial score (nSPS) is 10.6. The molecule has 9 heteroatoms. The number of carbonyl (C=O) groups is 2. The van der Waals surface area contributed by atoms with Crippen molar-refractivity contribution >= 4 is 28.7 Å². The van der Waals surface area contributed by atoms with Crippen LogP contribution in [0, 0.1) is 5.82 Å². The van der Waals surface area contributed by atoms with E-state index in [1.807, 2.05) is 0 Å². The molecule has 27 heavy (non-hydrogen) atoms. The van der Waals surface area contributed by atoms with Crippen LogP contribution in [0.3, 0.4) is 0 Å². The van der Waals surface area contributed by atoms with E-state index in [4.69, 9.17) is 0 Å². The van der Waals surface area contributed by atoms with Crippen LogP contribution in [0.5, 0.6) is 0 Å². The smallest absolute Gasteiger partial charge is 0.319 e. The lowest BCUT2D eigenvalue weighted by Gasteiger charge is -2.10. The second-order valence-corrected chi connectivity index (χ2v) is 6.10. The van der Waals surface area contributed by atoms with Crippen LogP contribution in [0.25, 0.3) is 11.0 Å². The minimum Gasteiger partial charge on any atom is -0.345 e. The van der Waals surface area contributed by atoms with Gasteiger partial charge in [-0.2, -0.15) is 0 Å². The molecule has 0 radical (unpaired) electrons. The number of anilines is 1. The van der Waals surface area contributed by atoms with Gasteiger partial charge in [-0.05, 0) is 42.5 Å². The van der Waals surface area contributed by atoms with Crippen LogP contribution in [0.2, 0.25) is 0 Å². The number of nitrogens with zero attached hydrogens (tertiary/aromatic N) is 4. The summed E-state index contributed by atoms with van der Waals surface area (Å²) in [7, 11) is 3.37. The molecule has 0 saturated heterocycles. The Kier molecular flexibility index (Phi) is 5.30. The molecule has 0 fully saturated rings. The quantitative estimate of drug-likeness (QED) is 0.719. The molecule has 3 rings (SSSR count). The van der Waals surface area contributed by atoms with E-state index in [1.54, 1.807) is 37.0 Å². The van der Waals surface area contributed by atoms with E-state index in [-0.39, 0.29) is 11.7 Å². The number of aromatic nitrogens is 3. The van der Waals surface area contributed by atoms with Crippen molar-refractivity contribution in [3.05, 3.63) is 53.8 Å². The zero-order valence-corrected chi connectivity index (χ0v) is 14.9. The highest BCUT2D eigenvalue weighted by atomic mass is 19.1. The Balaban J connectivity index is 1.58. The van der Waals surface area contributed by atoms with Crippen molar-refractivity contribution in [2.75, 3.05) is 26.0 Å². The second-order valence-electron chi connectivity index (χ2n) is 6.10. The maximum atomic E-state index is 12.9. The predicted octanol–water partition coefficient (Wildman–Crippen LogP) is 2.09. The fourth-order valence-corrected chi connectivity index (χ4v) is 2.51.